The van der Waals surface area contributed by atoms with E-state index in [9.17, 15) is 9.59 Å². The zero-order valence-corrected chi connectivity index (χ0v) is 10.7. The number of aromatic carboxylic acids is 1. The standard InChI is InChI=1S/C14H14O5/c1-3-19-13(15)6-4-5-10-7-8-11(14(16)17)9-12(10)18-2/h7-9H,3,6H2,1-2H3,(H,16,17). The van der Waals surface area contributed by atoms with Crippen LogP contribution < -0.4 is 4.74 Å². The van der Waals surface area contributed by atoms with Gasteiger partial charge in [0.25, 0.3) is 0 Å². The second-order valence-corrected chi connectivity index (χ2v) is 3.50. The van der Waals surface area contributed by atoms with Crippen molar-refractivity contribution < 1.29 is 24.2 Å². The van der Waals surface area contributed by atoms with Gasteiger partial charge in [0, 0.05) is 0 Å². The van der Waals surface area contributed by atoms with E-state index in [0.717, 1.165) is 0 Å². The van der Waals surface area contributed by atoms with Crippen molar-refractivity contribution in [3.05, 3.63) is 29.3 Å². The quantitative estimate of drug-likeness (QED) is 0.660. The van der Waals surface area contributed by atoms with Crippen LogP contribution in [0.1, 0.15) is 29.3 Å². The van der Waals surface area contributed by atoms with E-state index in [1.807, 2.05) is 0 Å². The van der Waals surface area contributed by atoms with Gasteiger partial charge in [0.1, 0.15) is 12.2 Å². The van der Waals surface area contributed by atoms with Crippen LogP contribution in [-0.4, -0.2) is 30.8 Å². The van der Waals surface area contributed by atoms with Gasteiger partial charge < -0.3 is 14.6 Å². The van der Waals surface area contributed by atoms with Crippen molar-refractivity contribution in [1.82, 2.24) is 0 Å². The largest absolute Gasteiger partial charge is 0.495 e. The average Bonchev–Trinajstić information content (AvgIpc) is 2.39. The van der Waals surface area contributed by atoms with Gasteiger partial charge in [-0.05, 0) is 25.1 Å². The van der Waals surface area contributed by atoms with Crippen molar-refractivity contribution in [2.45, 2.75) is 13.3 Å². The smallest absolute Gasteiger partial charge is 0.335 e. The summed E-state index contributed by atoms with van der Waals surface area (Å²) in [5.41, 5.74) is 0.643. The number of esters is 1. The minimum absolute atomic E-state index is 0.0162. The van der Waals surface area contributed by atoms with Gasteiger partial charge in [0.15, 0.2) is 0 Å². The molecule has 0 aromatic heterocycles. The summed E-state index contributed by atoms with van der Waals surface area (Å²) < 4.78 is 9.80. The molecule has 100 valence electrons. The number of carboxylic acid groups (broad SMARTS) is 1. The van der Waals surface area contributed by atoms with Crippen LogP contribution in [-0.2, 0) is 9.53 Å². The highest BCUT2D eigenvalue weighted by Crippen LogP contribution is 2.19. The summed E-state index contributed by atoms with van der Waals surface area (Å²) in [5, 5.41) is 8.85. The lowest BCUT2D eigenvalue weighted by atomic mass is 10.1. The molecular formula is C14H14O5. The molecule has 5 nitrogen and oxygen atoms in total. The van der Waals surface area contributed by atoms with E-state index in [1.54, 1.807) is 13.0 Å². The Balaban J connectivity index is 2.87. The van der Waals surface area contributed by atoms with E-state index in [1.165, 1.54) is 19.2 Å². The predicted molar refractivity (Wildman–Crippen MR) is 68.1 cm³/mol. The molecule has 0 bridgehead atoms. The highest BCUT2D eigenvalue weighted by molar-refractivity contribution is 5.88. The molecule has 0 fully saturated rings. The summed E-state index contributed by atoms with van der Waals surface area (Å²) in [5.74, 6) is 4.34. The van der Waals surface area contributed by atoms with Gasteiger partial charge in [-0.1, -0.05) is 11.8 Å². The van der Waals surface area contributed by atoms with Crippen LogP contribution in [0.4, 0.5) is 0 Å². The summed E-state index contributed by atoms with van der Waals surface area (Å²) in [6.07, 6.45) is -0.0162. The van der Waals surface area contributed by atoms with Gasteiger partial charge in [-0.25, -0.2) is 4.79 Å². The molecule has 0 radical (unpaired) electrons. The number of methoxy groups -OCH3 is 1. The summed E-state index contributed by atoms with van der Waals surface area (Å²) >= 11 is 0. The van der Waals surface area contributed by atoms with Crippen molar-refractivity contribution in [3.8, 4) is 17.6 Å². The first kappa shape index (κ1) is 14.6. The van der Waals surface area contributed by atoms with Gasteiger partial charge in [0.05, 0.1) is 24.8 Å². The molecule has 0 aliphatic rings. The summed E-state index contributed by atoms with van der Waals surface area (Å²) in [4.78, 5) is 21.9. The Hall–Kier alpha value is -2.48. The van der Waals surface area contributed by atoms with Crippen molar-refractivity contribution >= 4 is 11.9 Å². The van der Waals surface area contributed by atoms with Crippen LogP contribution in [0.25, 0.3) is 0 Å². The fraction of sp³-hybridized carbons (Fsp3) is 0.286. The topological polar surface area (TPSA) is 72.8 Å². The molecule has 0 spiro atoms. The molecular weight excluding hydrogens is 248 g/mol. The Kier molecular flexibility index (Phi) is 5.42. The Morgan fingerprint density at radius 1 is 1.37 bits per heavy atom. The van der Waals surface area contributed by atoms with E-state index in [4.69, 9.17) is 14.6 Å². The number of benzene rings is 1. The van der Waals surface area contributed by atoms with Crippen molar-refractivity contribution in [3.63, 3.8) is 0 Å². The third-order valence-electron chi connectivity index (χ3n) is 2.21. The van der Waals surface area contributed by atoms with Crippen LogP contribution in [0, 0.1) is 11.8 Å². The summed E-state index contributed by atoms with van der Waals surface area (Å²) in [6, 6.07) is 4.36. The number of carbonyl (C=O) groups excluding carboxylic acids is 1. The molecule has 1 aromatic rings. The SMILES string of the molecule is CCOC(=O)CC#Cc1ccc(C(=O)O)cc1OC. The Morgan fingerprint density at radius 3 is 2.68 bits per heavy atom. The zero-order chi connectivity index (χ0) is 14.3. The van der Waals surface area contributed by atoms with Crippen LogP contribution in [0.5, 0.6) is 5.75 Å². The number of rotatable bonds is 4. The highest BCUT2D eigenvalue weighted by atomic mass is 16.5. The zero-order valence-electron chi connectivity index (χ0n) is 10.7. The van der Waals surface area contributed by atoms with Gasteiger partial charge in [0.2, 0.25) is 0 Å². The second kappa shape index (κ2) is 7.07. The monoisotopic (exact) mass is 262 g/mol. The van der Waals surface area contributed by atoms with E-state index >= 15 is 0 Å². The Morgan fingerprint density at radius 2 is 2.11 bits per heavy atom. The van der Waals surface area contributed by atoms with Gasteiger partial charge in [-0.2, -0.15) is 0 Å². The number of carboxylic acids is 1. The number of ether oxygens (including phenoxy) is 2. The van der Waals surface area contributed by atoms with E-state index in [2.05, 4.69) is 11.8 Å². The summed E-state index contributed by atoms with van der Waals surface area (Å²) in [6.45, 7) is 2.04. The first-order valence-electron chi connectivity index (χ1n) is 5.64. The lowest BCUT2D eigenvalue weighted by Crippen LogP contribution is -2.01. The molecule has 1 N–H and O–H groups in total. The van der Waals surface area contributed by atoms with Gasteiger partial charge in [-0.15, -0.1) is 0 Å². The molecule has 1 rings (SSSR count). The average molecular weight is 262 g/mol. The third-order valence-corrected chi connectivity index (χ3v) is 2.21. The Bertz CT molecular complexity index is 537. The molecule has 1 aromatic carbocycles. The number of carbonyl (C=O) groups is 2. The van der Waals surface area contributed by atoms with E-state index in [-0.39, 0.29) is 12.0 Å². The highest BCUT2D eigenvalue weighted by Gasteiger charge is 2.07. The molecule has 0 unspecified atom stereocenters. The fourth-order valence-electron chi connectivity index (χ4n) is 1.35. The minimum Gasteiger partial charge on any atom is -0.495 e. The van der Waals surface area contributed by atoms with E-state index in [0.29, 0.717) is 17.9 Å². The summed E-state index contributed by atoms with van der Waals surface area (Å²) in [7, 11) is 1.43. The van der Waals surface area contributed by atoms with Gasteiger partial charge in [-0.3, -0.25) is 4.79 Å². The molecule has 0 atom stereocenters. The number of hydrogen-bond donors (Lipinski definition) is 1. The first-order chi connectivity index (χ1) is 9.08. The molecule has 0 aliphatic heterocycles. The maximum Gasteiger partial charge on any atom is 0.335 e. The van der Waals surface area contributed by atoms with Gasteiger partial charge >= 0.3 is 11.9 Å². The van der Waals surface area contributed by atoms with Crippen LogP contribution in [0.2, 0.25) is 0 Å². The third kappa shape index (κ3) is 4.36. The Labute approximate surface area is 111 Å². The molecule has 0 saturated heterocycles. The van der Waals surface area contributed by atoms with Crippen LogP contribution in [0.15, 0.2) is 18.2 Å². The normalized spacial score (nSPS) is 9.16. The maximum absolute atomic E-state index is 11.1. The van der Waals surface area contributed by atoms with Crippen molar-refractivity contribution in [1.29, 1.82) is 0 Å². The van der Waals surface area contributed by atoms with E-state index < -0.39 is 11.9 Å². The fourth-order valence-corrected chi connectivity index (χ4v) is 1.35. The molecule has 0 amide bonds. The van der Waals surface area contributed by atoms with Crippen molar-refractivity contribution in [2.75, 3.05) is 13.7 Å². The maximum atomic E-state index is 11.1. The second-order valence-electron chi connectivity index (χ2n) is 3.50. The first-order valence-corrected chi connectivity index (χ1v) is 5.64. The number of hydrogen-bond acceptors (Lipinski definition) is 4. The van der Waals surface area contributed by atoms with Crippen molar-refractivity contribution in [2.24, 2.45) is 0 Å². The molecule has 0 saturated carbocycles. The van der Waals surface area contributed by atoms with Crippen LogP contribution in [0.3, 0.4) is 0 Å². The molecule has 0 heterocycles. The lowest BCUT2D eigenvalue weighted by Gasteiger charge is -2.04. The lowest BCUT2D eigenvalue weighted by molar-refractivity contribution is -0.141. The molecule has 0 aliphatic carbocycles. The minimum atomic E-state index is -1.04. The molecule has 5 heteroatoms. The molecule has 19 heavy (non-hydrogen) atoms. The van der Waals surface area contributed by atoms with Crippen LogP contribution >= 0.6 is 0 Å². The predicted octanol–water partition coefficient (Wildman–Crippen LogP) is 1.70.